The SMILES string of the molecule is CCCOc1cccc(/C(O)=C2\C(=O)C(=O)N(CCCOC)C2c2ccc(Cl)c(Cl)c2)c1. The van der Waals surface area contributed by atoms with Gasteiger partial charge in [-0.2, -0.15) is 0 Å². The summed E-state index contributed by atoms with van der Waals surface area (Å²) in [4.78, 5) is 27.4. The van der Waals surface area contributed by atoms with E-state index in [1.54, 1.807) is 49.6 Å². The Hall–Kier alpha value is -2.54. The number of benzene rings is 2. The number of hydrogen-bond donors (Lipinski definition) is 1. The molecule has 1 unspecified atom stereocenters. The maximum absolute atomic E-state index is 13.0. The van der Waals surface area contributed by atoms with Crippen molar-refractivity contribution in [3.05, 3.63) is 69.2 Å². The van der Waals surface area contributed by atoms with Crippen molar-refractivity contribution in [3.8, 4) is 5.75 Å². The number of Topliss-reactive ketones (excluding diaryl/α,β-unsaturated/α-hetero) is 1. The van der Waals surface area contributed by atoms with Gasteiger partial charge in [0.1, 0.15) is 11.5 Å². The number of nitrogens with zero attached hydrogens (tertiary/aromatic N) is 1. The molecule has 170 valence electrons. The molecule has 1 saturated heterocycles. The minimum atomic E-state index is -0.804. The Bertz CT molecular complexity index is 1040. The molecule has 8 heteroatoms. The Morgan fingerprint density at radius 2 is 1.88 bits per heavy atom. The van der Waals surface area contributed by atoms with Crippen LogP contribution in [0.1, 0.15) is 36.9 Å². The van der Waals surface area contributed by atoms with Gasteiger partial charge in [0.2, 0.25) is 0 Å². The monoisotopic (exact) mass is 477 g/mol. The largest absolute Gasteiger partial charge is 0.507 e. The minimum Gasteiger partial charge on any atom is -0.507 e. The van der Waals surface area contributed by atoms with Gasteiger partial charge < -0.3 is 19.5 Å². The van der Waals surface area contributed by atoms with E-state index in [-0.39, 0.29) is 17.9 Å². The van der Waals surface area contributed by atoms with Gasteiger partial charge in [-0.1, -0.05) is 48.3 Å². The van der Waals surface area contributed by atoms with Gasteiger partial charge in [0.25, 0.3) is 11.7 Å². The molecule has 1 amide bonds. The number of methoxy groups -OCH3 is 1. The highest BCUT2D eigenvalue weighted by atomic mass is 35.5. The van der Waals surface area contributed by atoms with Crippen LogP contribution in [0.5, 0.6) is 5.75 Å². The van der Waals surface area contributed by atoms with Crippen molar-refractivity contribution in [1.29, 1.82) is 0 Å². The fourth-order valence-electron chi connectivity index (χ4n) is 3.63. The summed E-state index contributed by atoms with van der Waals surface area (Å²) in [5.74, 6) is -1.14. The van der Waals surface area contributed by atoms with Crippen molar-refractivity contribution >= 4 is 40.7 Å². The molecule has 1 N–H and O–H groups in total. The molecule has 3 rings (SSSR count). The second kappa shape index (κ2) is 10.9. The number of carbonyl (C=O) groups excluding carboxylic acids is 2. The fourth-order valence-corrected chi connectivity index (χ4v) is 3.93. The topological polar surface area (TPSA) is 76.1 Å². The molecule has 0 aliphatic carbocycles. The number of rotatable bonds is 9. The first-order chi connectivity index (χ1) is 15.4. The van der Waals surface area contributed by atoms with Gasteiger partial charge in [0.15, 0.2) is 0 Å². The van der Waals surface area contributed by atoms with E-state index in [1.165, 1.54) is 4.90 Å². The summed E-state index contributed by atoms with van der Waals surface area (Å²) in [7, 11) is 1.57. The Balaban J connectivity index is 2.10. The number of likely N-dealkylation sites (tertiary alicyclic amines) is 1. The lowest BCUT2D eigenvalue weighted by Crippen LogP contribution is -2.31. The first-order valence-electron chi connectivity index (χ1n) is 10.3. The Labute approximate surface area is 197 Å². The van der Waals surface area contributed by atoms with E-state index in [0.717, 1.165) is 6.42 Å². The second-order valence-electron chi connectivity index (χ2n) is 7.39. The third kappa shape index (κ3) is 5.09. The lowest BCUT2D eigenvalue weighted by atomic mass is 9.95. The number of hydrogen-bond acceptors (Lipinski definition) is 5. The molecule has 6 nitrogen and oxygen atoms in total. The predicted octanol–water partition coefficient (Wildman–Crippen LogP) is 5.24. The number of ether oxygens (including phenoxy) is 2. The Kier molecular flexibility index (Phi) is 8.18. The van der Waals surface area contributed by atoms with E-state index in [1.807, 2.05) is 6.92 Å². The number of halogens is 2. The third-order valence-electron chi connectivity index (χ3n) is 5.13. The predicted molar refractivity (Wildman–Crippen MR) is 124 cm³/mol. The van der Waals surface area contributed by atoms with Crippen LogP contribution in [-0.2, 0) is 14.3 Å². The molecule has 0 bridgehead atoms. The van der Waals surface area contributed by atoms with Gasteiger partial charge in [-0.05, 0) is 42.7 Å². The molecule has 0 radical (unpaired) electrons. The number of amides is 1. The Morgan fingerprint density at radius 3 is 2.56 bits per heavy atom. The fraction of sp³-hybridized carbons (Fsp3) is 0.333. The third-order valence-corrected chi connectivity index (χ3v) is 5.87. The van der Waals surface area contributed by atoms with Crippen LogP contribution in [0.15, 0.2) is 48.0 Å². The van der Waals surface area contributed by atoms with Crippen molar-refractivity contribution in [2.24, 2.45) is 0 Å². The van der Waals surface area contributed by atoms with Crippen molar-refractivity contribution in [3.63, 3.8) is 0 Å². The molecule has 1 aliphatic heterocycles. The summed E-state index contributed by atoms with van der Waals surface area (Å²) in [6, 6.07) is 10.9. The van der Waals surface area contributed by atoms with E-state index in [9.17, 15) is 14.7 Å². The van der Waals surface area contributed by atoms with E-state index < -0.39 is 17.7 Å². The quantitative estimate of drug-likeness (QED) is 0.231. The average molecular weight is 478 g/mol. The maximum Gasteiger partial charge on any atom is 0.295 e. The lowest BCUT2D eigenvalue weighted by Gasteiger charge is -2.25. The number of carbonyl (C=O) groups is 2. The van der Waals surface area contributed by atoms with E-state index in [0.29, 0.717) is 46.6 Å². The summed E-state index contributed by atoms with van der Waals surface area (Å²) in [5, 5.41) is 11.8. The van der Waals surface area contributed by atoms with Crippen LogP contribution in [0.3, 0.4) is 0 Å². The van der Waals surface area contributed by atoms with Crippen LogP contribution >= 0.6 is 23.2 Å². The highest BCUT2D eigenvalue weighted by Gasteiger charge is 2.45. The van der Waals surface area contributed by atoms with Crippen LogP contribution in [0.2, 0.25) is 10.0 Å². The molecule has 2 aromatic carbocycles. The van der Waals surface area contributed by atoms with Gasteiger partial charge >= 0.3 is 0 Å². The molecule has 32 heavy (non-hydrogen) atoms. The molecule has 1 atom stereocenters. The molecular formula is C24H25Cl2NO5. The summed E-state index contributed by atoms with van der Waals surface area (Å²) < 4.78 is 10.7. The van der Waals surface area contributed by atoms with Gasteiger partial charge in [0.05, 0.1) is 28.3 Å². The van der Waals surface area contributed by atoms with Crippen LogP contribution in [-0.4, -0.2) is 48.6 Å². The summed E-state index contributed by atoms with van der Waals surface area (Å²) in [6.45, 7) is 3.22. The average Bonchev–Trinajstić information content (AvgIpc) is 3.04. The smallest absolute Gasteiger partial charge is 0.295 e. The molecule has 0 spiro atoms. The number of aliphatic hydroxyl groups excluding tert-OH is 1. The lowest BCUT2D eigenvalue weighted by molar-refractivity contribution is -0.140. The zero-order valence-electron chi connectivity index (χ0n) is 17.9. The van der Waals surface area contributed by atoms with Crippen molar-refractivity contribution in [2.75, 3.05) is 26.9 Å². The van der Waals surface area contributed by atoms with Crippen molar-refractivity contribution in [2.45, 2.75) is 25.8 Å². The van der Waals surface area contributed by atoms with Crippen LogP contribution in [0, 0.1) is 0 Å². The van der Waals surface area contributed by atoms with Crippen molar-refractivity contribution < 1.29 is 24.2 Å². The van der Waals surface area contributed by atoms with Crippen LogP contribution in [0.4, 0.5) is 0 Å². The van der Waals surface area contributed by atoms with Gasteiger partial charge in [0, 0.05) is 25.8 Å². The van der Waals surface area contributed by atoms with Crippen molar-refractivity contribution in [1.82, 2.24) is 4.90 Å². The highest BCUT2D eigenvalue weighted by molar-refractivity contribution is 6.46. The molecule has 0 saturated carbocycles. The van der Waals surface area contributed by atoms with E-state index in [4.69, 9.17) is 32.7 Å². The molecule has 1 fully saturated rings. The van der Waals surface area contributed by atoms with Gasteiger partial charge in [-0.15, -0.1) is 0 Å². The second-order valence-corrected chi connectivity index (χ2v) is 8.20. The maximum atomic E-state index is 13.0. The zero-order valence-corrected chi connectivity index (χ0v) is 19.4. The summed E-state index contributed by atoms with van der Waals surface area (Å²) >= 11 is 12.3. The van der Waals surface area contributed by atoms with E-state index >= 15 is 0 Å². The molecule has 2 aromatic rings. The van der Waals surface area contributed by atoms with Crippen LogP contribution < -0.4 is 4.74 Å². The zero-order chi connectivity index (χ0) is 23.3. The first kappa shape index (κ1) is 24.1. The van der Waals surface area contributed by atoms with Gasteiger partial charge in [-0.25, -0.2) is 0 Å². The molecule has 1 aliphatic rings. The number of ketones is 1. The summed E-state index contributed by atoms with van der Waals surface area (Å²) in [6.07, 6.45) is 1.36. The Morgan fingerprint density at radius 1 is 1.09 bits per heavy atom. The first-order valence-corrected chi connectivity index (χ1v) is 11.1. The standard InChI is InChI=1S/C24H25Cl2NO5/c1-3-11-32-17-7-4-6-16(13-17)22(28)20-21(15-8-9-18(25)19(26)14-15)27(10-5-12-31-2)24(30)23(20)29/h4,6-9,13-14,21,28H,3,5,10-12H2,1-2H3/b22-20+. The summed E-state index contributed by atoms with van der Waals surface area (Å²) in [5.41, 5.74) is 0.966. The normalized spacial score (nSPS) is 17.8. The number of aliphatic hydroxyl groups is 1. The van der Waals surface area contributed by atoms with E-state index in [2.05, 4.69) is 0 Å². The van der Waals surface area contributed by atoms with Gasteiger partial charge in [-0.3, -0.25) is 9.59 Å². The molecule has 0 aromatic heterocycles. The minimum absolute atomic E-state index is 0.00144. The molecular weight excluding hydrogens is 453 g/mol. The molecule has 1 heterocycles. The van der Waals surface area contributed by atoms with Crippen LogP contribution in [0.25, 0.3) is 5.76 Å². The highest BCUT2D eigenvalue weighted by Crippen LogP contribution is 2.41.